The number of unbranched alkanes of at least 4 members (excludes halogenated alkanes) is 1. The van der Waals surface area contributed by atoms with E-state index in [0.29, 0.717) is 23.1 Å². The number of benzene rings is 3. The summed E-state index contributed by atoms with van der Waals surface area (Å²) in [5.74, 6) is 2.30. The van der Waals surface area contributed by atoms with Crippen LogP contribution in [0.5, 0.6) is 17.4 Å². The molecule has 4 aromatic rings. The molecular formula is C24H24N4O2. The molecule has 6 heteroatoms. The summed E-state index contributed by atoms with van der Waals surface area (Å²) in [5.41, 5.74) is 7.45. The van der Waals surface area contributed by atoms with Crippen molar-refractivity contribution in [3.63, 3.8) is 0 Å². The van der Waals surface area contributed by atoms with Gasteiger partial charge in [-0.05, 0) is 53.6 Å². The van der Waals surface area contributed by atoms with Gasteiger partial charge in [0, 0.05) is 5.69 Å². The number of rotatable bonds is 8. The van der Waals surface area contributed by atoms with E-state index in [9.17, 15) is 0 Å². The van der Waals surface area contributed by atoms with Gasteiger partial charge in [0.2, 0.25) is 5.88 Å². The smallest absolute Gasteiger partial charge is 0.248 e. The van der Waals surface area contributed by atoms with E-state index in [1.807, 2.05) is 60.7 Å². The van der Waals surface area contributed by atoms with Crippen molar-refractivity contribution >= 4 is 28.0 Å². The normalized spacial score (nSPS) is 10.7. The van der Waals surface area contributed by atoms with Gasteiger partial charge >= 0.3 is 0 Å². The van der Waals surface area contributed by atoms with Gasteiger partial charge in [0.15, 0.2) is 5.82 Å². The third-order valence-electron chi connectivity index (χ3n) is 4.67. The molecule has 0 unspecified atom stereocenters. The highest BCUT2D eigenvalue weighted by Crippen LogP contribution is 2.32. The SMILES string of the molecule is CCCCOc1ccc(Nc2ncnc(Oc3ccc4ccccc4c3)c2N)cc1. The maximum Gasteiger partial charge on any atom is 0.248 e. The number of hydrogen-bond acceptors (Lipinski definition) is 6. The fourth-order valence-corrected chi connectivity index (χ4v) is 3.01. The van der Waals surface area contributed by atoms with E-state index < -0.39 is 0 Å². The Balaban J connectivity index is 1.48. The highest BCUT2D eigenvalue weighted by Gasteiger charge is 2.11. The molecule has 0 saturated heterocycles. The van der Waals surface area contributed by atoms with Gasteiger partial charge in [-0.15, -0.1) is 0 Å². The first-order valence-corrected chi connectivity index (χ1v) is 10.00. The molecule has 152 valence electrons. The molecule has 0 bridgehead atoms. The van der Waals surface area contributed by atoms with Gasteiger partial charge in [-0.25, -0.2) is 4.98 Å². The molecule has 30 heavy (non-hydrogen) atoms. The Labute approximate surface area is 175 Å². The second kappa shape index (κ2) is 9.13. The van der Waals surface area contributed by atoms with E-state index in [0.717, 1.165) is 41.7 Å². The van der Waals surface area contributed by atoms with Crippen LogP contribution in [0, 0.1) is 0 Å². The first-order valence-electron chi connectivity index (χ1n) is 10.00. The molecule has 0 aliphatic rings. The molecule has 0 fully saturated rings. The zero-order chi connectivity index (χ0) is 20.8. The van der Waals surface area contributed by atoms with E-state index in [1.165, 1.54) is 6.33 Å². The summed E-state index contributed by atoms with van der Waals surface area (Å²) in [4.78, 5) is 8.44. The fraction of sp³-hybridized carbons (Fsp3) is 0.167. The lowest BCUT2D eigenvalue weighted by Crippen LogP contribution is -2.03. The van der Waals surface area contributed by atoms with Crippen molar-refractivity contribution in [3.8, 4) is 17.4 Å². The number of nitrogens with two attached hydrogens (primary N) is 1. The molecule has 1 aromatic heterocycles. The van der Waals surface area contributed by atoms with Crippen molar-refractivity contribution in [2.45, 2.75) is 19.8 Å². The van der Waals surface area contributed by atoms with Crippen LogP contribution < -0.4 is 20.5 Å². The third-order valence-corrected chi connectivity index (χ3v) is 4.67. The molecule has 4 rings (SSSR count). The summed E-state index contributed by atoms with van der Waals surface area (Å²) in [6.07, 6.45) is 3.57. The molecule has 6 nitrogen and oxygen atoms in total. The van der Waals surface area contributed by atoms with Gasteiger partial charge in [0.25, 0.3) is 0 Å². The lowest BCUT2D eigenvalue weighted by atomic mass is 10.1. The minimum absolute atomic E-state index is 0.308. The van der Waals surface area contributed by atoms with Gasteiger partial charge in [0.1, 0.15) is 23.5 Å². The van der Waals surface area contributed by atoms with Crippen molar-refractivity contribution < 1.29 is 9.47 Å². The van der Waals surface area contributed by atoms with Gasteiger partial charge in [-0.3, -0.25) is 0 Å². The minimum Gasteiger partial charge on any atom is -0.494 e. The monoisotopic (exact) mass is 400 g/mol. The zero-order valence-electron chi connectivity index (χ0n) is 16.8. The molecule has 3 aromatic carbocycles. The Morgan fingerprint density at radius 2 is 1.67 bits per heavy atom. The Morgan fingerprint density at radius 1 is 0.900 bits per heavy atom. The van der Waals surface area contributed by atoms with Crippen LogP contribution in [-0.2, 0) is 0 Å². The maximum absolute atomic E-state index is 6.27. The van der Waals surface area contributed by atoms with Crippen LogP contribution in [0.4, 0.5) is 17.2 Å². The van der Waals surface area contributed by atoms with Gasteiger partial charge in [0.05, 0.1) is 6.61 Å². The van der Waals surface area contributed by atoms with Crippen LogP contribution in [0.15, 0.2) is 73.1 Å². The Kier molecular flexibility index (Phi) is 5.94. The number of nitrogen functional groups attached to an aromatic ring is 1. The maximum atomic E-state index is 6.27. The number of hydrogen-bond donors (Lipinski definition) is 2. The third kappa shape index (κ3) is 4.60. The summed E-state index contributed by atoms with van der Waals surface area (Å²) in [7, 11) is 0. The largest absolute Gasteiger partial charge is 0.494 e. The lowest BCUT2D eigenvalue weighted by Gasteiger charge is -2.12. The van der Waals surface area contributed by atoms with Crippen LogP contribution >= 0.6 is 0 Å². The average Bonchev–Trinajstić information content (AvgIpc) is 2.78. The summed E-state index contributed by atoms with van der Waals surface area (Å²) < 4.78 is 11.6. The molecule has 0 amide bonds. The molecule has 0 atom stereocenters. The molecule has 0 aliphatic carbocycles. The number of nitrogens with one attached hydrogen (secondary N) is 1. The second-order valence-corrected chi connectivity index (χ2v) is 6.90. The molecule has 1 heterocycles. The van der Waals surface area contributed by atoms with Crippen LogP contribution in [0.25, 0.3) is 10.8 Å². The van der Waals surface area contributed by atoms with Crippen molar-refractivity contribution in [2.75, 3.05) is 17.7 Å². The number of ether oxygens (including phenoxy) is 2. The van der Waals surface area contributed by atoms with E-state index in [-0.39, 0.29) is 0 Å². The highest BCUT2D eigenvalue weighted by molar-refractivity contribution is 5.84. The van der Waals surface area contributed by atoms with Crippen molar-refractivity contribution in [1.29, 1.82) is 0 Å². The first-order chi connectivity index (χ1) is 14.7. The number of fused-ring (bicyclic) bond motifs is 1. The molecule has 0 saturated carbocycles. The standard InChI is InChI=1S/C24H24N4O2/c1-2-3-14-29-20-12-9-19(10-13-20)28-23-22(25)24(27-16-26-23)30-21-11-8-17-6-4-5-7-18(17)15-21/h4-13,15-16H,2-3,14,25H2,1H3,(H,26,27,28). The van der Waals surface area contributed by atoms with E-state index in [2.05, 4.69) is 28.3 Å². The average molecular weight is 400 g/mol. The topological polar surface area (TPSA) is 82.3 Å². The van der Waals surface area contributed by atoms with E-state index in [4.69, 9.17) is 15.2 Å². The summed E-state index contributed by atoms with van der Waals surface area (Å²) >= 11 is 0. The van der Waals surface area contributed by atoms with Crippen LogP contribution in [0.1, 0.15) is 19.8 Å². The van der Waals surface area contributed by atoms with Gasteiger partial charge in [-0.2, -0.15) is 4.98 Å². The number of anilines is 3. The van der Waals surface area contributed by atoms with Crippen molar-refractivity contribution in [1.82, 2.24) is 9.97 Å². The summed E-state index contributed by atoms with van der Waals surface area (Å²) in [6, 6.07) is 21.6. The second-order valence-electron chi connectivity index (χ2n) is 6.90. The summed E-state index contributed by atoms with van der Waals surface area (Å²) in [5, 5.41) is 5.44. The van der Waals surface area contributed by atoms with Crippen LogP contribution in [-0.4, -0.2) is 16.6 Å². The predicted octanol–water partition coefficient (Wildman–Crippen LogP) is 5.93. The first kappa shape index (κ1) is 19.5. The van der Waals surface area contributed by atoms with Crippen molar-refractivity contribution in [3.05, 3.63) is 73.1 Å². The minimum atomic E-state index is 0.308. The highest BCUT2D eigenvalue weighted by atomic mass is 16.5. The van der Waals surface area contributed by atoms with Gasteiger partial charge < -0.3 is 20.5 Å². The fourth-order valence-electron chi connectivity index (χ4n) is 3.01. The number of aromatic nitrogens is 2. The molecule has 0 aliphatic heterocycles. The Bertz CT molecular complexity index is 1130. The van der Waals surface area contributed by atoms with E-state index >= 15 is 0 Å². The van der Waals surface area contributed by atoms with Crippen LogP contribution in [0.3, 0.4) is 0 Å². The number of nitrogens with zero attached hydrogens (tertiary/aromatic N) is 2. The molecule has 3 N–H and O–H groups in total. The van der Waals surface area contributed by atoms with Gasteiger partial charge in [-0.1, -0.05) is 43.7 Å². The van der Waals surface area contributed by atoms with Crippen LogP contribution in [0.2, 0.25) is 0 Å². The predicted molar refractivity (Wildman–Crippen MR) is 121 cm³/mol. The molecular weight excluding hydrogens is 376 g/mol. The quantitative estimate of drug-likeness (QED) is 0.357. The zero-order valence-corrected chi connectivity index (χ0v) is 16.8. The molecule has 0 radical (unpaired) electrons. The molecule has 0 spiro atoms. The summed E-state index contributed by atoms with van der Waals surface area (Å²) in [6.45, 7) is 2.86. The Morgan fingerprint density at radius 3 is 2.47 bits per heavy atom. The Hall–Kier alpha value is -3.80. The van der Waals surface area contributed by atoms with Crippen molar-refractivity contribution in [2.24, 2.45) is 0 Å². The van der Waals surface area contributed by atoms with E-state index in [1.54, 1.807) is 0 Å². The lowest BCUT2D eigenvalue weighted by molar-refractivity contribution is 0.309.